The molecule has 0 fully saturated rings. The standard InChI is InChI=1S/C12H14N2O2/c1-2-11(8-15)14-12(16)10-5-3-9(7-13)4-6-10/h3-6,11,15H,2,8H2,1H3,(H,14,16). The second-order valence-corrected chi connectivity index (χ2v) is 3.45. The van der Waals surface area contributed by atoms with Crippen molar-refractivity contribution in [1.29, 1.82) is 5.26 Å². The van der Waals surface area contributed by atoms with Gasteiger partial charge in [0.15, 0.2) is 0 Å². The summed E-state index contributed by atoms with van der Waals surface area (Å²) in [5, 5.41) is 20.2. The molecule has 1 aromatic rings. The van der Waals surface area contributed by atoms with Gasteiger partial charge in [0.25, 0.3) is 5.91 Å². The number of hydrogen-bond acceptors (Lipinski definition) is 3. The Morgan fingerprint density at radius 1 is 1.50 bits per heavy atom. The minimum Gasteiger partial charge on any atom is -0.394 e. The van der Waals surface area contributed by atoms with E-state index in [9.17, 15) is 4.79 Å². The lowest BCUT2D eigenvalue weighted by molar-refractivity contribution is 0.0915. The van der Waals surface area contributed by atoms with Crippen LogP contribution in [0, 0.1) is 11.3 Å². The second kappa shape index (κ2) is 5.89. The Hall–Kier alpha value is -1.86. The van der Waals surface area contributed by atoms with Crippen LogP contribution in [0.2, 0.25) is 0 Å². The van der Waals surface area contributed by atoms with Crippen molar-refractivity contribution in [3.05, 3.63) is 35.4 Å². The molecule has 0 bridgehead atoms. The molecule has 1 rings (SSSR count). The Morgan fingerprint density at radius 2 is 2.12 bits per heavy atom. The van der Waals surface area contributed by atoms with Gasteiger partial charge in [-0.25, -0.2) is 0 Å². The summed E-state index contributed by atoms with van der Waals surface area (Å²) in [5.41, 5.74) is 1.01. The molecule has 0 aromatic heterocycles. The number of aliphatic hydroxyl groups excluding tert-OH is 1. The average Bonchev–Trinajstić information content (AvgIpc) is 2.35. The normalized spacial score (nSPS) is 11.6. The van der Waals surface area contributed by atoms with Gasteiger partial charge in [-0.1, -0.05) is 6.92 Å². The Bertz CT molecular complexity index is 388. The number of hydrogen-bond donors (Lipinski definition) is 2. The fourth-order valence-electron chi connectivity index (χ4n) is 1.24. The van der Waals surface area contributed by atoms with Crippen LogP contribution in [0.3, 0.4) is 0 Å². The monoisotopic (exact) mass is 218 g/mol. The lowest BCUT2D eigenvalue weighted by Gasteiger charge is -2.13. The summed E-state index contributed by atoms with van der Waals surface area (Å²) < 4.78 is 0. The van der Waals surface area contributed by atoms with E-state index in [1.807, 2.05) is 13.0 Å². The predicted molar refractivity (Wildman–Crippen MR) is 59.8 cm³/mol. The molecule has 4 heteroatoms. The van der Waals surface area contributed by atoms with Gasteiger partial charge in [-0.15, -0.1) is 0 Å². The molecule has 0 radical (unpaired) electrons. The average molecular weight is 218 g/mol. The first-order chi connectivity index (χ1) is 7.71. The van der Waals surface area contributed by atoms with Gasteiger partial charge >= 0.3 is 0 Å². The van der Waals surface area contributed by atoms with Crippen molar-refractivity contribution in [2.45, 2.75) is 19.4 Å². The fourth-order valence-corrected chi connectivity index (χ4v) is 1.24. The quantitative estimate of drug-likeness (QED) is 0.793. The van der Waals surface area contributed by atoms with Gasteiger partial charge in [0.1, 0.15) is 0 Å². The molecule has 0 aliphatic rings. The summed E-state index contributed by atoms with van der Waals surface area (Å²) >= 11 is 0. The highest BCUT2D eigenvalue weighted by Gasteiger charge is 2.10. The Morgan fingerprint density at radius 3 is 2.56 bits per heavy atom. The second-order valence-electron chi connectivity index (χ2n) is 3.45. The highest BCUT2D eigenvalue weighted by atomic mass is 16.3. The zero-order valence-electron chi connectivity index (χ0n) is 9.10. The summed E-state index contributed by atoms with van der Waals surface area (Å²) in [6, 6.07) is 8.14. The molecule has 1 aromatic carbocycles. The predicted octanol–water partition coefficient (Wildman–Crippen LogP) is 1.06. The van der Waals surface area contributed by atoms with Crippen molar-refractivity contribution in [2.75, 3.05) is 6.61 Å². The molecule has 84 valence electrons. The highest BCUT2D eigenvalue weighted by molar-refractivity contribution is 5.94. The molecular weight excluding hydrogens is 204 g/mol. The molecule has 1 unspecified atom stereocenters. The van der Waals surface area contributed by atoms with E-state index in [1.165, 1.54) is 0 Å². The van der Waals surface area contributed by atoms with Crippen LogP contribution in [0.5, 0.6) is 0 Å². The summed E-state index contributed by atoms with van der Waals surface area (Å²) in [5.74, 6) is -0.231. The minimum atomic E-state index is -0.231. The van der Waals surface area contributed by atoms with Crippen LogP contribution in [-0.2, 0) is 0 Å². The Kier molecular flexibility index (Phi) is 4.49. The number of nitrogens with zero attached hydrogens (tertiary/aromatic N) is 1. The molecule has 16 heavy (non-hydrogen) atoms. The third-order valence-electron chi connectivity index (χ3n) is 2.32. The maximum absolute atomic E-state index is 11.7. The number of nitrogens with one attached hydrogen (secondary N) is 1. The number of nitriles is 1. The number of rotatable bonds is 4. The van der Waals surface area contributed by atoms with Gasteiger partial charge in [0.05, 0.1) is 24.3 Å². The molecule has 1 atom stereocenters. The largest absolute Gasteiger partial charge is 0.394 e. The molecule has 0 spiro atoms. The third-order valence-corrected chi connectivity index (χ3v) is 2.32. The molecule has 0 heterocycles. The summed E-state index contributed by atoms with van der Waals surface area (Å²) in [7, 11) is 0. The molecule has 0 saturated carbocycles. The lowest BCUT2D eigenvalue weighted by atomic mass is 10.1. The van der Waals surface area contributed by atoms with Crippen molar-refractivity contribution in [3.63, 3.8) is 0 Å². The maximum atomic E-state index is 11.7. The van der Waals surface area contributed by atoms with Gasteiger partial charge in [-0.05, 0) is 30.7 Å². The van der Waals surface area contributed by atoms with Crippen molar-refractivity contribution >= 4 is 5.91 Å². The molecule has 1 amide bonds. The van der Waals surface area contributed by atoms with Crippen LogP contribution in [0.25, 0.3) is 0 Å². The minimum absolute atomic E-state index is 0.0709. The molecule has 0 saturated heterocycles. The number of benzene rings is 1. The smallest absolute Gasteiger partial charge is 0.251 e. The summed E-state index contributed by atoms with van der Waals surface area (Å²) in [6.45, 7) is 1.82. The van der Waals surface area contributed by atoms with Gasteiger partial charge in [0.2, 0.25) is 0 Å². The number of carbonyl (C=O) groups is 1. The van der Waals surface area contributed by atoms with Gasteiger partial charge in [-0.2, -0.15) is 5.26 Å². The van der Waals surface area contributed by atoms with Crippen LogP contribution in [0.15, 0.2) is 24.3 Å². The molecule has 4 nitrogen and oxygen atoms in total. The van der Waals surface area contributed by atoms with Crippen molar-refractivity contribution in [3.8, 4) is 6.07 Å². The fraction of sp³-hybridized carbons (Fsp3) is 0.333. The number of amides is 1. The van der Waals surface area contributed by atoms with Crippen LogP contribution in [-0.4, -0.2) is 23.7 Å². The number of aliphatic hydroxyl groups is 1. The first-order valence-corrected chi connectivity index (χ1v) is 5.13. The van der Waals surface area contributed by atoms with E-state index in [0.29, 0.717) is 17.5 Å². The Labute approximate surface area is 94.5 Å². The lowest BCUT2D eigenvalue weighted by Crippen LogP contribution is -2.36. The van der Waals surface area contributed by atoms with E-state index in [0.717, 1.165) is 0 Å². The van der Waals surface area contributed by atoms with Gasteiger partial charge in [-0.3, -0.25) is 4.79 Å². The van der Waals surface area contributed by atoms with Crippen molar-refractivity contribution < 1.29 is 9.90 Å². The van der Waals surface area contributed by atoms with E-state index in [4.69, 9.17) is 10.4 Å². The van der Waals surface area contributed by atoms with Gasteiger partial charge in [0, 0.05) is 5.56 Å². The SMILES string of the molecule is CCC(CO)NC(=O)c1ccc(C#N)cc1. The van der Waals surface area contributed by atoms with Crippen molar-refractivity contribution in [1.82, 2.24) is 5.32 Å². The highest BCUT2D eigenvalue weighted by Crippen LogP contribution is 2.04. The zero-order chi connectivity index (χ0) is 12.0. The molecular formula is C12H14N2O2. The van der Waals surface area contributed by atoms with E-state index in [2.05, 4.69) is 5.32 Å². The van der Waals surface area contributed by atoms with E-state index < -0.39 is 0 Å². The van der Waals surface area contributed by atoms with Crippen LogP contribution < -0.4 is 5.32 Å². The van der Waals surface area contributed by atoms with E-state index in [-0.39, 0.29) is 18.6 Å². The summed E-state index contributed by atoms with van der Waals surface area (Å²) in [6.07, 6.45) is 0.679. The first-order valence-electron chi connectivity index (χ1n) is 5.13. The molecule has 0 aliphatic carbocycles. The topological polar surface area (TPSA) is 73.1 Å². The first kappa shape index (κ1) is 12.2. The Balaban J connectivity index is 2.70. The maximum Gasteiger partial charge on any atom is 0.251 e. The molecule has 0 aliphatic heterocycles. The summed E-state index contributed by atoms with van der Waals surface area (Å²) in [4.78, 5) is 11.7. The van der Waals surface area contributed by atoms with E-state index in [1.54, 1.807) is 24.3 Å². The van der Waals surface area contributed by atoms with Crippen molar-refractivity contribution in [2.24, 2.45) is 0 Å². The number of carbonyl (C=O) groups excluding carboxylic acids is 1. The van der Waals surface area contributed by atoms with E-state index >= 15 is 0 Å². The molecule has 2 N–H and O–H groups in total. The third kappa shape index (κ3) is 3.07. The van der Waals surface area contributed by atoms with Crippen LogP contribution in [0.1, 0.15) is 29.3 Å². The van der Waals surface area contributed by atoms with Crippen LogP contribution >= 0.6 is 0 Å². The van der Waals surface area contributed by atoms with Crippen LogP contribution in [0.4, 0.5) is 0 Å². The zero-order valence-corrected chi connectivity index (χ0v) is 9.10. The van der Waals surface area contributed by atoms with Gasteiger partial charge < -0.3 is 10.4 Å².